The lowest BCUT2D eigenvalue weighted by atomic mass is 10.6. The highest BCUT2D eigenvalue weighted by molar-refractivity contribution is 7.71. The molecule has 0 atom stereocenters. The summed E-state index contributed by atoms with van der Waals surface area (Å²) in [4.78, 5) is 0. The van der Waals surface area contributed by atoms with Crippen LogP contribution in [0.5, 0.6) is 0 Å². The van der Waals surface area contributed by atoms with Crippen molar-refractivity contribution in [1.29, 1.82) is 0 Å². The van der Waals surface area contributed by atoms with E-state index in [0.29, 0.717) is 11.3 Å². The van der Waals surface area contributed by atoms with Gasteiger partial charge in [0.25, 0.3) is 0 Å². The van der Waals surface area contributed by atoms with Gasteiger partial charge in [-0.2, -0.15) is 0 Å². The number of allylic oxidation sites excluding steroid dienone is 1. The van der Waals surface area contributed by atoms with Crippen LogP contribution in [-0.2, 0) is 6.54 Å². The van der Waals surface area contributed by atoms with E-state index in [1.807, 2.05) is 4.57 Å². The second-order valence-electron chi connectivity index (χ2n) is 2.00. The van der Waals surface area contributed by atoms with Crippen LogP contribution in [0.2, 0.25) is 0 Å². The average Bonchev–Trinajstić information content (AvgIpc) is 2.34. The Labute approximate surface area is 69.9 Å². The average molecular weight is 170 g/mol. The van der Waals surface area contributed by atoms with Gasteiger partial charge in [-0.25, -0.2) is 5.10 Å². The molecule has 0 radical (unpaired) electrons. The van der Waals surface area contributed by atoms with Crippen molar-refractivity contribution in [3.8, 4) is 0 Å². The number of nitrogens with one attached hydrogen (secondary N) is 2. The zero-order valence-corrected chi connectivity index (χ0v) is 7.11. The van der Waals surface area contributed by atoms with E-state index in [9.17, 15) is 0 Å². The summed E-state index contributed by atoms with van der Waals surface area (Å²) in [6.45, 7) is 4.29. The predicted octanol–water partition coefficient (Wildman–Crippen LogP) is 1.17. The van der Waals surface area contributed by atoms with Crippen LogP contribution in [-0.4, -0.2) is 21.8 Å². The zero-order valence-electron chi connectivity index (χ0n) is 6.29. The van der Waals surface area contributed by atoms with E-state index in [1.165, 1.54) is 0 Å². The van der Waals surface area contributed by atoms with Gasteiger partial charge in [0.05, 0.1) is 0 Å². The Hall–Kier alpha value is -1.10. The smallest absolute Gasteiger partial charge is 0.223 e. The first-order valence-electron chi connectivity index (χ1n) is 3.23. The number of anilines is 1. The number of rotatable bonds is 3. The summed E-state index contributed by atoms with van der Waals surface area (Å²) >= 11 is 4.96. The van der Waals surface area contributed by atoms with E-state index in [-0.39, 0.29) is 0 Å². The van der Waals surface area contributed by atoms with E-state index >= 15 is 0 Å². The van der Waals surface area contributed by atoms with Gasteiger partial charge >= 0.3 is 0 Å². The van der Waals surface area contributed by atoms with Gasteiger partial charge in [0, 0.05) is 13.6 Å². The van der Waals surface area contributed by atoms with Crippen LogP contribution in [0, 0.1) is 4.77 Å². The molecule has 1 aromatic rings. The molecule has 0 bridgehead atoms. The van der Waals surface area contributed by atoms with Gasteiger partial charge in [-0.15, -0.1) is 11.7 Å². The fraction of sp³-hybridized carbons (Fsp3) is 0.333. The van der Waals surface area contributed by atoms with Gasteiger partial charge in [-0.3, -0.25) is 4.57 Å². The maximum atomic E-state index is 4.96. The third-order valence-electron chi connectivity index (χ3n) is 1.29. The van der Waals surface area contributed by atoms with Crippen LogP contribution in [0.25, 0.3) is 0 Å². The van der Waals surface area contributed by atoms with E-state index in [0.717, 1.165) is 5.95 Å². The van der Waals surface area contributed by atoms with E-state index in [2.05, 4.69) is 22.1 Å². The maximum absolute atomic E-state index is 4.96. The summed E-state index contributed by atoms with van der Waals surface area (Å²) in [6.07, 6.45) is 1.77. The summed E-state index contributed by atoms with van der Waals surface area (Å²) in [5.74, 6) is 0.731. The van der Waals surface area contributed by atoms with Crippen molar-refractivity contribution < 1.29 is 0 Å². The molecule has 0 aromatic carbocycles. The lowest BCUT2D eigenvalue weighted by molar-refractivity contribution is 0.812. The molecule has 5 heteroatoms. The molecule has 0 saturated heterocycles. The number of aromatic amines is 1. The minimum Gasteiger partial charge on any atom is -0.357 e. The van der Waals surface area contributed by atoms with Crippen LogP contribution < -0.4 is 5.32 Å². The van der Waals surface area contributed by atoms with Crippen LogP contribution in [0.15, 0.2) is 12.7 Å². The number of aromatic nitrogens is 3. The topological polar surface area (TPSA) is 45.6 Å². The monoisotopic (exact) mass is 170 g/mol. The lowest BCUT2D eigenvalue weighted by Gasteiger charge is -2.00. The highest BCUT2D eigenvalue weighted by atomic mass is 32.1. The molecule has 0 amide bonds. The quantitative estimate of drug-likeness (QED) is 0.528. The third kappa shape index (κ3) is 1.48. The molecule has 0 aliphatic rings. The Kier molecular flexibility index (Phi) is 2.43. The predicted molar refractivity (Wildman–Crippen MR) is 47.2 cm³/mol. The fourth-order valence-corrected chi connectivity index (χ4v) is 1.01. The van der Waals surface area contributed by atoms with Crippen LogP contribution >= 0.6 is 12.2 Å². The number of H-pyrrole nitrogens is 1. The van der Waals surface area contributed by atoms with E-state index in [4.69, 9.17) is 12.2 Å². The van der Waals surface area contributed by atoms with Crippen LogP contribution in [0.1, 0.15) is 0 Å². The van der Waals surface area contributed by atoms with Crippen molar-refractivity contribution in [3.63, 3.8) is 0 Å². The largest absolute Gasteiger partial charge is 0.357 e. The molecule has 0 spiro atoms. The highest BCUT2D eigenvalue weighted by Crippen LogP contribution is 2.01. The molecule has 11 heavy (non-hydrogen) atoms. The first kappa shape index (κ1) is 8.00. The van der Waals surface area contributed by atoms with Gasteiger partial charge in [0.15, 0.2) is 4.77 Å². The molecule has 4 nitrogen and oxygen atoms in total. The zero-order chi connectivity index (χ0) is 8.27. The molecule has 0 fully saturated rings. The Balaban J connectivity index is 3.06. The first-order valence-corrected chi connectivity index (χ1v) is 3.64. The summed E-state index contributed by atoms with van der Waals surface area (Å²) < 4.78 is 2.43. The molecule has 0 aliphatic heterocycles. The Bertz CT molecular complexity index is 298. The van der Waals surface area contributed by atoms with Crippen LogP contribution in [0.3, 0.4) is 0 Å². The molecular weight excluding hydrogens is 160 g/mol. The molecule has 60 valence electrons. The van der Waals surface area contributed by atoms with Crippen LogP contribution in [0.4, 0.5) is 5.95 Å². The standard InChI is InChI=1S/C6H10N4S/c1-3-4-10-5(7-2)8-9-6(10)11/h3H,1,4H2,2H3,(H,7,8)(H,9,11). The van der Waals surface area contributed by atoms with Gasteiger partial charge in [0.2, 0.25) is 5.95 Å². The highest BCUT2D eigenvalue weighted by Gasteiger charge is 1.99. The number of hydrogen-bond acceptors (Lipinski definition) is 3. The first-order chi connectivity index (χ1) is 5.29. The Morgan fingerprint density at radius 1 is 1.91 bits per heavy atom. The summed E-state index contributed by atoms with van der Waals surface area (Å²) in [5, 5.41) is 9.53. The fourth-order valence-electron chi connectivity index (χ4n) is 0.807. The van der Waals surface area contributed by atoms with Crippen molar-refractivity contribution in [1.82, 2.24) is 14.8 Å². The summed E-state index contributed by atoms with van der Waals surface area (Å²) in [6, 6.07) is 0. The molecule has 0 aliphatic carbocycles. The van der Waals surface area contributed by atoms with E-state index < -0.39 is 0 Å². The number of hydrogen-bond donors (Lipinski definition) is 2. The summed E-state index contributed by atoms with van der Waals surface area (Å²) in [5.41, 5.74) is 0. The number of nitrogens with zero attached hydrogens (tertiary/aromatic N) is 2. The molecule has 0 saturated carbocycles. The second kappa shape index (κ2) is 3.34. The molecular formula is C6H10N4S. The normalized spacial score (nSPS) is 9.55. The van der Waals surface area contributed by atoms with Gasteiger partial charge in [0.1, 0.15) is 0 Å². The van der Waals surface area contributed by atoms with Gasteiger partial charge in [-0.05, 0) is 12.2 Å². The van der Waals surface area contributed by atoms with E-state index in [1.54, 1.807) is 13.1 Å². The Morgan fingerprint density at radius 3 is 3.18 bits per heavy atom. The molecule has 2 N–H and O–H groups in total. The molecule has 1 rings (SSSR count). The summed E-state index contributed by atoms with van der Waals surface area (Å²) in [7, 11) is 1.80. The Morgan fingerprint density at radius 2 is 2.64 bits per heavy atom. The third-order valence-corrected chi connectivity index (χ3v) is 1.61. The SMILES string of the molecule is C=CCn1c(NC)n[nH]c1=S. The van der Waals surface area contributed by atoms with Crippen molar-refractivity contribution in [2.45, 2.75) is 6.54 Å². The molecule has 1 heterocycles. The second-order valence-corrected chi connectivity index (χ2v) is 2.39. The van der Waals surface area contributed by atoms with Crippen molar-refractivity contribution in [3.05, 3.63) is 17.4 Å². The van der Waals surface area contributed by atoms with Gasteiger partial charge < -0.3 is 5.32 Å². The maximum Gasteiger partial charge on any atom is 0.223 e. The molecule has 1 aromatic heterocycles. The van der Waals surface area contributed by atoms with Crippen molar-refractivity contribution in [2.75, 3.05) is 12.4 Å². The minimum absolute atomic E-state index is 0.606. The molecule has 0 unspecified atom stereocenters. The minimum atomic E-state index is 0.606. The van der Waals surface area contributed by atoms with Gasteiger partial charge in [-0.1, -0.05) is 6.08 Å². The van der Waals surface area contributed by atoms with Crippen molar-refractivity contribution >= 4 is 18.2 Å². The lowest BCUT2D eigenvalue weighted by Crippen LogP contribution is -2.01. The van der Waals surface area contributed by atoms with Crippen molar-refractivity contribution in [2.24, 2.45) is 0 Å².